The van der Waals surface area contributed by atoms with E-state index in [-0.39, 0.29) is 12.6 Å². The molecule has 164 valence electrons. The summed E-state index contributed by atoms with van der Waals surface area (Å²) in [5.74, 6) is 1.60. The van der Waals surface area contributed by atoms with Gasteiger partial charge in [-0.05, 0) is 57.2 Å². The lowest BCUT2D eigenvalue weighted by Gasteiger charge is -2.17. The minimum atomic E-state index is 0.229. The van der Waals surface area contributed by atoms with E-state index in [2.05, 4.69) is 25.6 Å². The Kier molecular flexibility index (Phi) is 5.67. The lowest BCUT2D eigenvalue weighted by Crippen LogP contribution is -2.18. The quantitative estimate of drug-likeness (QED) is 0.397. The van der Waals surface area contributed by atoms with Crippen molar-refractivity contribution in [2.75, 3.05) is 17.2 Å². The van der Waals surface area contributed by atoms with Crippen LogP contribution in [-0.4, -0.2) is 42.7 Å². The highest BCUT2D eigenvalue weighted by Gasteiger charge is 2.26. The third kappa shape index (κ3) is 4.39. The molecule has 0 amide bonds. The van der Waals surface area contributed by atoms with E-state index in [1.165, 1.54) is 0 Å². The van der Waals surface area contributed by atoms with Crippen molar-refractivity contribution in [2.24, 2.45) is 5.92 Å². The van der Waals surface area contributed by atoms with E-state index >= 15 is 0 Å². The summed E-state index contributed by atoms with van der Waals surface area (Å²) in [4.78, 5) is 22.8. The van der Waals surface area contributed by atoms with Crippen LogP contribution in [-0.2, 0) is 0 Å². The van der Waals surface area contributed by atoms with Crippen LogP contribution in [0.3, 0.4) is 0 Å². The molecular weight excluding hydrogens is 422 g/mol. The number of nitrogens with one attached hydrogen (secondary N) is 2. The molecule has 0 aromatic carbocycles. The largest absolute Gasteiger partial charge is 0.396 e. The molecule has 2 atom stereocenters. The van der Waals surface area contributed by atoms with E-state index in [9.17, 15) is 5.11 Å². The van der Waals surface area contributed by atoms with Gasteiger partial charge in [0.15, 0.2) is 0 Å². The summed E-state index contributed by atoms with van der Waals surface area (Å²) in [7, 11) is 0. The molecule has 1 aliphatic carbocycles. The topological polar surface area (TPSA) is 109 Å². The number of thiazole rings is 1. The van der Waals surface area contributed by atoms with Gasteiger partial charge in [-0.2, -0.15) is 4.98 Å². The number of anilines is 3. The molecule has 2 unspecified atom stereocenters. The zero-order valence-corrected chi connectivity index (χ0v) is 18.9. The maximum Gasteiger partial charge on any atom is 0.229 e. The SMILES string of the molecule is Cc1cc(Nc2ncc(-c3nc4ccncc4s3)c(NC3CCC(CO)C3)n2)cc(C)n1. The second-order valence-corrected chi connectivity index (χ2v) is 9.32. The number of hydrogen-bond acceptors (Lipinski definition) is 9. The zero-order valence-electron chi connectivity index (χ0n) is 18.0. The van der Waals surface area contributed by atoms with Gasteiger partial charge in [0.05, 0.1) is 15.8 Å². The fourth-order valence-electron chi connectivity index (χ4n) is 4.20. The predicted octanol–water partition coefficient (Wildman–Crippen LogP) is 4.48. The van der Waals surface area contributed by atoms with Crippen LogP contribution in [0.4, 0.5) is 17.5 Å². The maximum absolute atomic E-state index is 9.53. The standard InChI is InChI=1S/C23H25N7OS/c1-13-7-17(8-14(2)26-13)28-23-25-10-18(22-29-19-5-6-24-11-20(19)32-22)21(30-23)27-16-4-3-15(9-16)12-31/h5-8,10-11,15-16,31H,3-4,9,12H2,1-2H3,(H2,25,26,27,28,30). The summed E-state index contributed by atoms with van der Waals surface area (Å²) in [5, 5.41) is 17.3. The lowest BCUT2D eigenvalue weighted by molar-refractivity contribution is 0.229. The number of hydrogen-bond donors (Lipinski definition) is 3. The molecule has 9 heteroatoms. The van der Waals surface area contributed by atoms with Gasteiger partial charge < -0.3 is 15.7 Å². The number of fused-ring (bicyclic) bond motifs is 1. The summed E-state index contributed by atoms with van der Waals surface area (Å²) >= 11 is 1.58. The molecule has 0 saturated heterocycles. The normalized spacial score (nSPS) is 18.2. The first kappa shape index (κ1) is 20.7. The number of aliphatic hydroxyl groups is 1. The van der Waals surface area contributed by atoms with Crippen LogP contribution in [0.5, 0.6) is 0 Å². The molecule has 4 aromatic heterocycles. The van der Waals surface area contributed by atoms with E-state index in [4.69, 9.17) is 9.97 Å². The molecule has 8 nitrogen and oxygen atoms in total. The predicted molar refractivity (Wildman–Crippen MR) is 127 cm³/mol. The van der Waals surface area contributed by atoms with Gasteiger partial charge in [-0.3, -0.25) is 9.97 Å². The Hall–Kier alpha value is -3.17. The highest BCUT2D eigenvalue weighted by molar-refractivity contribution is 7.21. The monoisotopic (exact) mass is 447 g/mol. The van der Waals surface area contributed by atoms with E-state index in [0.717, 1.165) is 62.9 Å². The zero-order chi connectivity index (χ0) is 22.1. The number of rotatable bonds is 6. The second-order valence-electron chi connectivity index (χ2n) is 8.28. The van der Waals surface area contributed by atoms with Crippen molar-refractivity contribution in [2.45, 2.75) is 39.2 Å². The smallest absolute Gasteiger partial charge is 0.229 e. The van der Waals surface area contributed by atoms with Crippen LogP contribution in [0.15, 0.2) is 36.8 Å². The van der Waals surface area contributed by atoms with Crippen LogP contribution < -0.4 is 10.6 Å². The molecule has 1 fully saturated rings. The molecule has 0 spiro atoms. The van der Waals surface area contributed by atoms with Crippen LogP contribution >= 0.6 is 11.3 Å². The number of pyridine rings is 2. The fraction of sp³-hybridized carbons (Fsp3) is 0.348. The molecule has 1 saturated carbocycles. The number of aromatic nitrogens is 5. The maximum atomic E-state index is 9.53. The highest BCUT2D eigenvalue weighted by Crippen LogP contribution is 2.36. The van der Waals surface area contributed by atoms with Crippen molar-refractivity contribution in [1.82, 2.24) is 24.9 Å². The molecule has 4 heterocycles. The Balaban J connectivity index is 1.50. The summed E-state index contributed by atoms with van der Waals surface area (Å²) in [6.45, 7) is 4.16. The van der Waals surface area contributed by atoms with Crippen molar-refractivity contribution < 1.29 is 5.11 Å². The Morgan fingerprint density at radius 2 is 1.94 bits per heavy atom. The van der Waals surface area contributed by atoms with Gasteiger partial charge >= 0.3 is 0 Å². The summed E-state index contributed by atoms with van der Waals surface area (Å²) < 4.78 is 1.03. The number of aliphatic hydroxyl groups excluding tert-OH is 1. The van der Waals surface area contributed by atoms with Crippen molar-refractivity contribution >= 4 is 39.0 Å². The summed E-state index contributed by atoms with van der Waals surface area (Å²) in [6, 6.07) is 6.12. The highest BCUT2D eigenvalue weighted by atomic mass is 32.1. The number of nitrogens with zero attached hydrogens (tertiary/aromatic N) is 5. The van der Waals surface area contributed by atoms with Gasteiger partial charge in [-0.15, -0.1) is 11.3 Å². The van der Waals surface area contributed by atoms with Crippen molar-refractivity contribution in [3.63, 3.8) is 0 Å². The van der Waals surface area contributed by atoms with E-state index in [0.29, 0.717) is 11.9 Å². The molecular formula is C23H25N7OS. The molecule has 0 radical (unpaired) electrons. The summed E-state index contributed by atoms with van der Waals surface area (Å²) in [5.41, 5.74) is 4.56. The van der Waals surface area contributed by atoms with Crippen molar-refractivity contribution in [3.8, 4) is 10.6 Å². The van der Waals surface area contributed by atoms with E-state index < -0.39 is 0 Å². The van der Waals surface area contributed by atoms with Gasteiger partial charge in [-0.1, -0.05) is 0 Å². The van der Waals surface area contributed by atoms with Crippen LogP contribution in [0.1, 0.15) is 30.7 Å². The molecule has 0 bridgehead atoms. The molecule has 32 heavy (non-hydrogen) atoms. The first-order valence-electron chi connectivity index (χ1n) is 10.7. The molecule has 4 aromatic rings. The second kappa shape index (κ2) is 8.76. The fourth-order valence-corrected chi connectivity index (χ4v) is 5.15. The van der Waals surface area contributed by atoms with Gasteiger partial charge in [0.2, 0.25) is 5.95 Å². The van der Waals surface area contributed by atoms with Gasteiger partial charge in [0.1, 0.15) is 10.8 Å². The van der Waals surface area contributed by atoms with E-state index in [1.807, 2.05) is 44.4 Å². The Bertz CT molecular complexity index is 1210. The van der Waals surface area contributed by atoms with Gasteiger partial charge in [0, 0.05) is 48.3 Å². The molecule has 5 rings (SSSR count). The Morgan fingerprint density at radius 1 is 1.09 bits per heavy atom. The first-order chi connectivity index (χ1) is 15.6. The lowest BCUT2D eigenvalue weighted by atomic mass is 10.1. The van der Waals surface area contributed by atoms with Crippen LogP contribution in [0.25, 0.3) is 20.8 Å². The Morgan fingerprint density at radius 3 is 2.69 bits per heavy atom. The minimum absolute atomic E-state index is 0.229. The molecule has 3 N–H and O–H groups in total. The van der Waals surface area contributed by atoms with Crippen molar-refractivity contribution in [3.05, 3.63) is 48.2 Å². The third-order valence-electron chi connectivity index (χ3n) is 5.69. The van der Waals surface area contributed by atoms with Crippen molar-refractivity contribution in [1.29, 1.82) is 0 Å². The summed E-state index contributed by atoms with van der Waals surface area (Å²) in [6.07, 6.45) is 8.35. The molecule has 0 aliphatic heterocycles. The van der Waals surface area contributed by atoms with Gasteiger partial charge in [0.25, 0.3) is 0 Å². The van der Waals surface area contributed by atoms with Crippen LogP contribution in [0, 0.1) is 19.8 Å². The third-order valence-corrected chi connectivity index (χ3v) is 6.73. The first-order valence-corrected chi connectivity index (χ1v) is 11.6. The van der Waals surface area contributed by atoms with Crippen LogP contribution in [0.2, 0.25) is 0 Å². The Labute approximate surface area is 190 Å². The number of aryl methyl sites for hydroxylation is 2. The van der Waals surface area contributed by atoms with Gasteiger partial charge in [-0.25, -0.2) is 9.97 Å². The minimum Gasteiger partial charge on any atom is -0.396 e. The van der Waals surface area contributed by atoms with E-state index in [1.54, 1.807) is 17.5 Å². The average molecular weight is 448 g/mol. The molecule has 1 aliphatic rings. The average Bonchev–Trinajstić information content (AvgIpc) is 3.40.